The van der Waals surface area contributed by atoms with E-state index in [1.807, 2.05) is 12.1 Å². The Morgan fingerprint density at radius 2 is 1.70 bits per heavy atom. The first-order valence-electron chi connectivity index (χ1n) is 6.95. The number of fused-ring (bicyclic) bond motifs is 1. The van der Waals surface area contributed by atoms with Crippen molar-refractivity contribution in [3.63, 3.8) is 0 Å². The molecule has 0 unspecified atom stereocenters. The lowest BCUT2D eigenvalue weighted by Crippen LogP contribution is -2.38. The zero-order chi connectivity index (χ0) is 16.7. The molecular weight excluding hydrogens is 318 g/mol. The van der Waals surface area contributed by atoms with Crippen molar-refractivity contribution in [1.82, 2.24) is 14.1 Å². The average molecular weight is 332 g/mol. The number of benzene rings is 1. The third-order valence-electron chi connectivity index (χ3n) is 3.85. The lowest BCUT2D eigenvalue weighted by atomic mass is 10.1. The number of H-pyrrole nitrogens is 1. The van der Waals surface area contributed by atoms with Gasteiger partial charge < -0.3 is 4.98 Å². The maximum Gasteiger partial charge on any atom is 0.332 e. The highest BCUT2D eigenvalue weighted by atomic mass is 35.5. The van der Waals surface area contributed by atoms with Gasteiger partial charge in [0.15, 0.2) is 0 Å². The number of aromatic nitrogens is 3. The topological polar surface area (TPSA) is 76.9 Å². The number of halogens is 1. The number of nitrogens with zero attached hydrogens (tertiary/aromatic N) is 2. The van der Waals surface area contributed by atoms with Crippen LogP contribution in [0.4, 0.5) is 0 Å². The minimum absolute atomic E-state index is 0.225. The van der Waals surface area contributed by atoms with Crippen LogP contribution in [0.2, 0.25) is 5.02 Å². The molecule has 0 aliphatic rings. The molecule has 2 aromatic heterocycles. The monoisotopic (exact) mass is 331 g/mol. The molecule has 2 heterocycles. The zero-order valence-corrected chi connectivity index (χ0v) is 13.3. The summed E-state index contributed by atoms with van der Waals surface area (Å²) in [7, 11) is 2.92. The number of aryl methyl sites for hydroxylation is 1. The summed E-state index contributed by atoms with van der Waals surface area (Å²) in [5.74, 6) is 0. The predicted octanol–water partition coefficient (Wildman–Crippen LogP) is 1.17. The highest BCUT2D eigenvalue weighted by Crippen LogP contribution is 2.13. The Balaban J connectivity index is 2.22. The van der Waals surface area contributed by atoms with Gasteiger partial charge >= 0.3 is 5.69 Å². The highest BCUT2D eigenvalue weighted by Gasteiger charge is 2.12. The second-order valence-corrected chi connectivity index (χ2v) is 5.83. The third kappa shape index (κ3) is 2.61. The molecular formula is C16H14ClN3O3. The Labute approximate surface area is 135 Å². The van der Waals surface area contributed by atoms with Crippen LogP contribution >= 0.6 is 11.6 Å². The van der Waals surface area contributed by atoms with E-state index < -0.39 is 11.2 Å². The largest absolute Gasteiger partial charge is 0.332 e. The minimum atomic E-state index is -0.483. The summed E-state index contributed by atoms with van der Waals surface area (Å²) in [6.07, 6.45) is 0.369. The number of nitrogens with one attached hydrogen (secondary N) is 1. The molecule has 0 aliphatic heterocycles. The van der Waals surface area contributed by atoms with E-state index >= 15 is 0 Å². The molecule has 1 N–H and O–H groups in total. The Morgan fingerprint density at radius 3 is 2.35 bits per heavy atom. The molecule has 0 bridgehead atoms. The molecule has 3 rings (SSSR count). The maximum atomic E-state index is 12.3. The SMILES string of the molecule is Cn1c(=O)c2cc(Cc3ccc(Cl)cc3)c(=O)[nH]c2n(C)c1=O. The summed E-state index contributed by atoms with van der Waals surface area (Å²) in [6, 6.07) is 8.68. The molecule has 0 radical (unpaired) electrons. The van der Waals surface area contributed by atoms with Gasteiger partial charge in [0, 0.05) is 31.1 Å². The third-order valence-corrected chi connectivity index (χ3v) is 4.10. The highest BCUT2D eigenvalue weighted by molar-refractivity contribution is 6.30. The molecule has 6 nitrogen and oxygen atoms in total. The quantitative estimate of drug-likeness (QED) is 0.765. The Kier molecular flexibility index (Phi) is 3.69. The lowest BCUT2D eigenvalue weighted by Gasteiger charge is -2.08. The zero-order valence-electron chi connectivity index (χ0n) is 12.6. The van der Waals surface area contributed by atoms with Crippen molar-refractivity contribution < 1.29 is 0 Å². The Hall–Kier alpha value is -2.60. The fourth-order valence-electron chi connectivity index (χ4n) is 2.53. The summed E-state index contributed by atoms with van der Waals surface area (Å²) >= 11 is 5.85. The molecule has 118 valence electrons. The van der Waals surface area contributed by atoms with Gasteiger partial charge in [0.1, 0.15) is 5.65 Å². The molecule has 1 aromatic carbocycles. The standard InChI is InChI=1S/C16H14ClN3O3/c1-19-13-12(15(22)20(2)16(19)23)8-10(14(21)18-13)7-9-3-5-11(17)6-4-9/h3-6,8H,7H2,1-2H3,(H,18,21). The second kappa shape index (κ2) is 5.55. The van der Waals surface area contributed by atoms with Crippen molar-refractivity contribution in [2.24, 2.45) is 14.1 Å². The van der Waals surface area contributed by atoms with Crippen molar-refractivity contribution >= 4 is 22.6 Å². The van der Waals surface area contributed by atoms with Crippen molar-refractivity contribution in [3.8, 4) is 0 Å². The van der Waals surface area contributed by atoms with Crippen LogP contribution in [-0.2, 0) is 20.5 Å². The van der Waals surface area contributed by atoms with Crippen LogP contribution in [0.15, 0.2) is 44.7 Å². The van der Waals surface area contributed by atoms with Crippen molar-refractivity contribution in [1.29, 1.82) is 0 Å². The summed E-state index contributed by atoms with van der Waals surface area (Å²) in [5.41, 5.74) is 0.343. The van der Waals surface area contributed by atoms with Crippen LogP contribution in [0.1, 0.15) is 11.1 Å². The van der Waals surface area contributed by atoms with Gasteiger partial charge in [-0.15, -0.1) is 0 Å². The smallest absolute Gasteiger partial charge is 0.307 e. The molecule has 0 amide bonds. The van der Waals surface area contributed by atoms with Crippen LogP contribution in [0.25, 0.3) is 11.0 Å². The van der Waals surface area contributed by atoms with E-state index in [0.29, 0.717) is 22.4 Å². The molecule has 3 aromatic rings. The normalized spacial score (nSPS) is 11.1. The molecule has 0 spiro atoms. The number of aromatic amines is 1. The van der Waals surface area contributed by atoms with Crippen LogP contribution < -0.4 is 16.8 Å². The van der Waals surface area contributed by atoms with E-state index in [0.717, 1.165) is 10.1 Å². The molecule has 0 saturated heterocycles. The van der Waals surface area contributed by atoms with E-state index in [-0.39, 0.29) is 11.2 Å². The van der Waals surface area contributed by atoms with Gasteiger partial charge in [-0.25, -0.2) is 4.79 Å². The Bertz CT molecular complexity index is 1080. The second-order valence-electron chi connectivity index (χ2n) is 5.39. The number of hydrogen-bond acceptors (Lipinski definition) is 3. The van der Waals surface area contributed by atoms with Crippen LogP contribution in [0, 0.1) is 0 Å². The average Bonchev–Trinajstić information content (AvgIpc) is 2.54. The Morgan fingerprint density at radius 1 is 1.04 bits per heavy atom. The van der Waals surface area contributed by atoms with Gasteiger partial charge in [0.2, 0.25) is 0 Å². The first-order valence-corrected chi connectivity index (χ1v) is 7.32. The molecule has 0 aliphatic carbocycles. The maximum absolute atomic E-state index is 12.3. The molecule has 0 saturated carbocycles. The van der Waals surface area contributed by atoms with Crippen LogP contribution in [-0.4, -0.2) is 14.1 Å². The van der Waals surface area contributed by atoms with E-state index in [1.54, 1.807) is 18.2 Å². The van der Waals surface area contributed by atoms with Gasteiger partial charge in [-0.05, 0) is 23.8 Å². The van der Waals surface area contributed by atoms with Crippen LogP contribution in [0.3, 0.4) is 0 Å². The fraction of sp³-hybridized carbons (Fsp3) is 0.188. The molecule has 0 fully saturated rings. The van der Waals surface area contributed by atoms with E-state index in [4.69, 9.17) is 11.6 Å². The fourth-order valence-corrected chi connectivity index (χ4v) is 2.66. The van der Waals surface area contributed by atoms with E-state index in [1.165, 1.54) is 18.7 Å². The van der Waals surface area contributed by atoms with E-state index in [2.05, 4.69) is 4.98 Å². The van der Waals surface area contributed by atoms with Crippen molar-refractivity contribution in [2.75, 3.05) is 0 Å². The van der Waals surface area contributed by atoms with Gasteiger partial charge in [0.25, 0.3) is 11.1 Å². The van der Waals surface area contributed by atoms with Crippen LogP contribution in [0.5, 0.6) is 0 Å². The predicted molar refractivity (Wildman–Crippen MR) is 89.3 cm³/mol. The summed E-state index contributed by atoms with van der Waals surface area (Å²) < 4.78 is 2.27. The molecule has 0 atom stereocenters. The summed E-state index contributed by atoms with van der Waals surface area (Å²) in [6.45, 7) is 0. The van der Waals surface area contributed by atoms with Gasteiger partial charge in [-0.2, -0.15) is 0 Å². The van der Waals surface area contributed by atoms with Gasteiger partial charge in [0.05, 0.1) is 5.39 Å². The number of rotatable bonds is 2. The number of pyridine rings is 1. The summed E-state index contributed by atoms with van der Waals surface area (Å²) in [4.78, 5) is 39.1. The molecule has 23 heavy (non-hydrogen) atoms. The number of hydrogen-bond donors (Lipinski definition) is 1. The van der Waals surface area contributed by atoms with Gasteiger partial charge in [-0.1, -0.05) is 23.7 Å². The minimum Gasteiger partial charge on any atom is -0.307 e. The molecule has 7 heteroatoms. The van der Waals surface area contributed by atoms with Crippen molar-refractivity contribution in [3.05, 3.63) is 77.7 Å². The summed E-state index contributed by atoms with van der Waals surface area (Å²) in [5, 5.41) is 0.920. The first-order chi connectivity index (χ1) is 10.9. The van der Waals surface area contributed by atoms with Gasteiger partial charge in [-0.3, -0.25) is 18.7 Å². The first kappa shape index (κ1) is 15.3. The lowest BCUT2D eigenvalue weighted by molar-refractivity contribution is 0.706. The van der Waals surface area contributed by atoms with E-state index in [9.17, 15) is 14.4 Å². The van der Waals surface area contributed by atoms with Crippen molar-refractivity contribution in [2.45, 2.75) is 6.42 Å².